The van der Waals surface area contributed by atoms with E-state index in [-0.39, 0.29) is 11.4 Å². The number of nitrogens with zero attached hydrogens (tertiary/aromatic N) is 1. The summed E-state index contributed by atoms with van der Waals surface area (Å²) in [6, 6.07) is 4.18. The van der Waals surface area contributed by atoms with Gasteiger partial charge < -0.3 is 15.2 Å². The SMILES string of the molecule is COc1cc(/C=C2/NC(=O)N(C)C2=O)ccc1O. The molecule has 1 saturated heterocycles. The van der Waals surface area contributed by atoms with Crippen molar-refractivity contribution in [1.82, 2.24) is 10.2 Å². The van der Waals surface area contributed by atoms with Crippen molar-refractivity contribution in [3.63, 3.8) is 0 Å². The van der Waals surface area contributed by atoms with Crippen LogP contribution in [0.15, 0.2) is 23.9 Å². The average Bonchev–Trinajstić information content (AvgIpc) is 2.59. The number of likely N-dealkylation sites (N-methyl/N-ethyl adjacent to an activating group) is 1. The maximum Gasteiger partial charge on any atom is 0.328 e. The molecule has 0 aliphatic carbocycles. The van der Waals surface area contributed by atoms with Crippen molar-refractivity contribution < 1.29 is 19.4 Å². The van der Waals surface area contributed by atoms with Gasteiger partial charge in [0.25, 0.3) is 5.91 Å². The van der Waals surface area contributed by atoms with E-state index in [1.807, 2.05) is 0 Å². The predicted molar refractivity (Wildman–Crippen MR) is 63.9 cm³/mol. The number of carbonyl (C=O) groups is 2. The molecule has 0 aromatic heterocycles. The number of amides is 3. The molecule has 1 aliphatic heterocycles. The van der Waals surface area contributed by atoms with E-state index in [2.05, 4.69) is 5.32 Å². The van der Waals surface area contributed by atoms with Crippen LogP contribution in [0, 0.1) is 0 Å². The molecule has 94 valence electrons. The number of urea groups is 1. The molecule has 1 heterocycles. The van der Waals surface area contributed by atoms with Crippen LogP contribution in [0.25, 0.3) is 6.08 Å². The lowest BCUT2D eigenvalue weighted by atomic mass is 10.1. The van der Waals surface area contributed by atoms with Crippen LogP contribution in [0.2, 0.25) is 0 Å². The Hall–Kier alpha value is -2.50. The zero-order chi connectivity index (χ0) is 13.3. The Morgan fingerprint density at radius 1 is 1.39 bits per heavy atom. The molecule has 18 heavy (non-hydrogen) atoms. The summed E-state index contributed by atoms with van der Waals surface area (Å²) < 4.78 is 4.96. The van der Waals surface area contributed by atoms with E-state index in [1.54, 1.807) is 12.1 Å². The van der Waals surface area contributed by atoms with Gasteiger partial charge >= 0.3 is 6.03 Å². The van der Waals surface area contributed by atoms with Gasteiger partial charge in [-0.2, -0.15) is 0 Å². The first kappa shape index (κ1) is 12.0. The summed E-state index contributed by atoms with van der Waals surface area (Å²) in [5, 5.41) is 11.9. The van der Waals surface area contributed by atoms with E-state index < -0.39 is 11.9 Å². The van der Waals surface area contributed by atoms with Gasteiger partial charge in [0.1, 0.15) is 5.70 Å². The Kier molecular flexibility index (Phi) is 2.93. The van der Waals surface area contributed by atoms with Crippen molar-refractivity contribution in [1.29, 1.82) is 0 Å². The van der Waals surface area contributed by atoms with Gasteiger partial charge in [-0.3, -0.25) is 9.69 Å². The number of methoxy groups -OCH3 is 1. The average molecular weight is 248 g/mol. The highest BCUT2D eigenvalue weighted by molar-refractivity contribution is 6.13. The molecule has 0 spiro atoms. The first-order valence-corrected chi connectivity index (χ1v) is 5.20. The van der Waals surface area contributed by atoms with E-state index in [0.717, 1.165) is 4.90 Å². The highest BCUT2D eigenvalue weighted by Crippen LogP contribution is 2.27. The molecule has 0 bridgehead atoms. The molecule has 3 amide bonds. The van der Waals surface area contributed by atoms with Gasteiger partial charge in [-0.05, 0) is 23.8 Å². The number of imide groups is 1. The molecule has 2 rings (SSSR count). The van der Waals surface area contributed by atoms with Gasteiger partial charge in [-0.1, -0.05) is 6.07 Å². The number of phenols is 1. The molecule has 6 heteroatoms. The molecule has 1 fully saturated rings. The Morgan fingerprint density at radius 3 is 2.67 bits per heavy atom. The summed E-state index contributed by atoms with van der Waals surface area (Å²) in [7, 11) is 2.83. The molecular formula is C12H12N2O4. The van der Waals surface area contributed by atoms with E-state index in [9.17, 15) is 14.7 Å². The second-order valence-electron chi connectivity index (χ2n) is 3.78. The van der Waals surface area contributed by atoms with Gasteiger partial charge in [-0.25, -0.2) is 4.79 Å². The number of ether oxygens (including phenoxy) is 1. The maximum atomic E-state index is 11.6. The molecule has 2 N–H and O–H groups in total. The van der Waals surface area contributed by atoms with Crippen LogP contribution in [-0.4, -0.2) is 36.1 Å². The number of hydrogen-bond donors (Lipinski definition) is 2. The fourth-order valence-corrected chi connectivity index (χ4v) is 1.57. The van der Waals surface area contributed by atoms with Gasteiger partial charge in [0.2, 0.25) is 0 Å². The fourth-order valence-electron chi connectivity index (χ4n) is 1.57. The van der Waals surface area contributed by atoms with Gasteiger partial charge in [0, 0.05) is 7.05 Å². The second-order valence-corrected chi connectivity index (χ2v) is 3.78. The Morgan fingerprint density at radius 2 is 2.11 bits per heavy atom. The summed E-state index contributed by atoms with van der Waals surface area (Å²) in [5.41, 5.74) is 0.832. The van der Waals surface area contributed by atoms with Crippen LogP contribution in [0.3, 0.4) is 0 Å². The molecule has 0 radical (unpaired) electrons. The minimum atomic E-state index is -0.461. The number of hydrogen-bond acceptors (Lipinski definition) is 4. The third-order valence-corrected chi connectivity index (χ3v) is 2.60. The third kappa shape index (κ3) is 2.00. The molecule has 1 aromatic carbocycles. The number of aromatic hydroxyl groups is 1. The van der Waals surface area contributed by atoms with Crippen molar-refractivity contribution in [2.24, 2.45) is 0 Å². The number of rotatable bonds is 2. The van der Waals surface area contributed by atoms with Gasteiger partial charge in [-0.15, -0.1) is 0 Å². The molecule has 6 nitrogen and oxygen atoms in total. The Labute approximate surface area is 103 Å². The van der Waals surface area contributed by atoms with Crippen LogP contribution in [0.5, 0.6) is 11.5 Å². The van der Waals surface area contributed by atoms with Crippen molar-refractivity contribution >= 4 is 18.0 Å². The van der Waals surface area contributed by atoms with E-state index >= 15 is 0 Å². The van der Waals surface area contributed by atoms with Crippen molar-refractivity contribution in [2.45, 2.75) is 0 Å². The molecule has 0 atom stereocenters. The smallest absolute Gasteiger partial charge is 0.328 e. The first-order valence-electron chi connectivity index (χ1n) is 5.20. The number of carbonyl (C=O) groups excluding carboxylic acids is 2. The summed E-state index contributed by atoms with van der Waals surface area (Å²) in [6.07, 6.45) is 1.52. The lowest BCUT2D eigenvalue weighted by Gasteiger charge is -2.04. The van der Waals surface area contributed by atoms with Gasteiger partial charge in [0.05, 0.1) is 7.11 Å². The summed E-state index contributed by atoms with van der Waals surface area (Å²) in [4.78, 5) is 23.9. The first-order chi connectivity index (χ1) is 8.52. The van der Waals surface area contributed by atoms with E-state index in [1.165, 1.54) is 26.3 Å². The minimum Gasteiger partial charge on any atom is -0.504 e. The standard InChI is InChI=1S/C12H12N2O4/c1-14-11(16)8(13-12(14)17)5-7-3-4-9(15)10(6-7)18-2/h3-6,15H,1-2H3,(H,13,17)/b8-5+. The van der Waals surface area contributed by atoms with Crippen LogP contribution >= 0.6 is 0 Å². The highest BCUT2D eigenvalue weighted by Gasteiger charge is 2.29. The van der Waals surface area contributed by atoms with Crippen LogP contribution in [0.1, 0.15) is 5.56 Å². The van der Waals surface area contributed by atoms with E-state index in [0.29, 0.717) is 11.3 Å². The van der Waals surface area contributed by atoms with Crippen LogP contribution in [-0.2, 0) is 4.79 Å². The zero-order valence-corrected chi connectivity index (χ0v) is 9.93. The molecule has 0 saturated carbocycles. The summed E-state index contributed by atoms with van der Waals surface area (Å²) >= 11 is 0. The van der Waals surface area contributed by atoms with Crippen molar-refractivity contribution in [2.75, 3.05) is 14.2 Å². The monoisotopic (exact) mass is 248 g/mol. The Bertz CT molecular complexity index is 551. The van der Waals surface area contributed by atoms with Crippen molar-refractivity contribution in [3.05, 3.63) is 29.5 Å². The van der Waals surface area contributed by atoms with Gasteiger partial charge in [0.15, 0.2) is 11.5 Å². The van der Waals surface area contributed by atoms with Crippen LogP contribution < -0.4 is 10.1 Å². The summed E-state index contributed by atoms with van der Waals surface area (Å²) in [5.74, 6) is -0.0833. The quantitative estimate of drug-likeness (QED) is 0.602. The second kappa shape index (κ2) is 4.40. The maximum absolute atomic E-state index is 11.6. The molecular weight excluding hydrogens is 236 g/mol. The minimum absolute atomic E-state index is 0.0125. The normalized spacial score (nSPS) is 17.2. The number of nitrogens with one attached hydrogen (secondary N) is 1. The lowest BCUT2D eigenvalue weighted by molar-refractivity contribution is -0.121. The summed E-state index contributed by atoms with van der Waals surface area (Å²) in [6.45, 7) is 0. The molecule has 0 unspecified atom stereocenters. The lowest BCUT2D eigenvalue weighted by Crippen LogP contribution is -2.25. The topological polar surface area (TPSA) is 78.9 Å². The largest absolute Gasteiger partial charge is 0.504 e. The molecule has 1 aliphatic rings. The van der Waals surface area contributed by atoms with Crippen LogP contribution in [0.4, 0.5) is 4.79 Å². The zero-order valence-electron chi connectivity index (χ0n) is 9.93. The van der Waals surface area contributed by atoms with E-state index in [4.69, 9.17) is 4.74 Å². The third-order valence-electron chi connectivity index (χ3n) is 2.60. The van der Waals surface area contributed by atoms with Crippen molar-refractivity contribution in [3.8, 4) is 11.5 Å². The predicted octanol–water partition coefficient (Wildman–Crippen LogP) is 0.923. The highest BCUT2D eigenvalue weighted by atomic mass is 16.5. The fraction of sp³-hybridized carbons (Fsp3) is 0.167. The Balaban J connectivity index is 2.34. The number of phenolic OH excluding ortho intramolecular Hbond substituents is 1. The number of benzene rings is 1. The molecule has 1 aromatic rings.